The summed E-state index contributed by atoms with van der Waals surface area (Å²) in [4.78, 5) is 69.1. The third-order valence-corrected chi connectivity index (χ3v) is 11.5. The molecule has 50 heavy (non-hydrogen) atoms. The lowest BCUT2D eigenvalue weighted by Crippen LogP contribution is -2.49. The highest BCUT2D eigenvalue weighted by Gasteiger charge is 2.60. The molecular weight excluding hydrogens is 651 g/mol. The average molecular weight is 702 g/mol. The zero-order chi connectivity index (χ0) is 35.6. The highest BCUT2D eigenvalue weighted by molar-refractivity contribution is 7.98. The number of rotatable bonds is 14. The first-order valence-corrected chi connectivity index (χ1v) is 19.3. The van der Waals surface area contributed by atoms with Crippen LogP contribution in [0, 0.1) is 28.6 Å². The van der Waals surface area contributed by atoms with Gasteiger partial charge >= 0.3 is 5.97 Å². The van der Waals surface area contributed by atoms with E-state index in [-0.39, 0.29) is 61.6 Å². The lowest BCUT2D eigenvalue weighted by atomic mass is 9.77. The Morgan fingerprint density at radius 3 is 2.44 bits per heavy atom. The van der Waals surface area contributed by atoms with Gasteiger partial charge in [0.05, 0.1) is 30.1 Å². The van der Waals surface area contributed by atoms with E-state index in [1.165, 1.54) is 11.8 Å². The zero-order valence-corrected chi connectivity index (χ0v) is 30.7. The molecule has 11 heteroatoms. The van der Waals surface area contributed by atoms with Crippen molar-refractivity contribution in [2.45, 2.75) is 95.9 Å². The number of hydrogen-bond acceptors (Lipinski definition) is 9. The molecule has 1 N–H and O–H groups in total. The minimum Gasteiger partial charge on any atom is -0.462 e. The first kappa shape index (κ1) is 36.1. The molecule has 2 aromatic rings. The van der Waals surface area contributed by atoms with Crippen molar-refractivity contribution in [3.8, 4) is 11.3 Å². The Morgan fingerprint density at radius 1 is 1.10 bits per heavy atom. The van der Waals surface area contributed by atoms with Gasteiger partial charge in [-0.15, -0.1) is 6.58 Å². The van der Waals surface area contributed by atoms with Crippen LogP contribution >= 0.6 is 11.8 Å². The SMILES string of the molecule is C=C[C@@H]1C[C@]1(CC(=O)[C@@H]1CN(c2cc(-c3ccccc3)nc(SC)n2)CN1C(=O)[C@@H](CC(=O)OC1CCCC1)C(C)(C)C)C(=O)NCC1CC1. The summed E-state index contributed by atoms with van der Waals surface area (Å²) >= 11 is 1.42. The Balaban J connectivity index is 1.29. The van der Waals surface area contributed by atoms with E-state index in [0.29, 0.717) is 29.9 Å². The van der Waals surface area contributed by atoms with Crippen LogP contribution in [0.3, 0.4) is 0 Å². The van der Waals surface area contributed by atoms with Crippen LogP contribution < -0.4 is 10.2 Å². The van der Waals surface area contributed by atoms with E-state index in [0.717, 1.165) is 49.8 Å². The van der Waals surface area contributed by atoms with Gasteiger partial charge in [-0.1, -0.05) is 68.9 Å². The number of Topliss-reactive ketones (excluding diaryl/α,β-unsaturated/α-hetero) is 1. The number of benzene rings is 1. The van der Waals surface area contributed by atoms with Crippen LogP contribution in [0.25, 0.3) is 11.3 Å². The van der Waals surface area contributed by atoms with E-state index in [1.807, 2.05) is 68.3 Å². The van der Waals surface area contributed by atoms with E-state index in [2.05, 4.69) is 11.9 Å². The van der Waals surface area contributed by atoms with E-state index in [4.69, 9.17) is 14.7 Å². The Morgan fingerprint density at radius 2 is 1.82 bits per heavy atom. The molecule has 0 spiro atoms. The molecule has 3 aliphatic carbocycles. The average Bonchev–Trinajstić information content (AvgIpc) is 3.95. The number of ether oxygens (including phenoxy) is 1. The third-order valence-electron chi connectivity index (χ3n) is 10.9. The van der Waals surface area contributed by atoms with Crippen LogP contribution in [0.15, 0.2) is 54.2 Å². The Hall–Kier alpha value is -3.73. The number of carbonyl (C=O) groups excluding carboxylic acids is 4. The van der Waals surface area contributed by atoms with E-state index < -0.39 is 22.8 Å². The molecule has 0 bridgehead atoms. The van der Waals surface area contributed by atoms with Crippen LogP contribution in [0.2, 0.25) is 0 Å². The van der Waals surface area contributed by atoms with Gasteiger partial charge in [0.25, 0.3) is 0 Å². The highest BCUT2D eigenvalue weighted by atomic mass is 32.2. The molecule has 0 unspecified atom stereocenters. The summed E-state index contributed by atoms with van der Waals surface area (Å²) in [6.45, 7) is 10.7. The second kappa shape index (κ2) is 14.9. The number of anilines is 1. The number of allylic oxidation sites excluding steroid dienone is 1. The van der Waals surface area contributed by atoms with Gasteiger partial charge < -0.3 is 19.9 Å². The number of esters is 1. The monoisotopic (exact) mass is 701 g/mol. The molecule has 0 radical (unpaired) electrons. The maximum Gasteiger partial charge on any atom is 0.306 e. The van der Waals surface area contributed by atoms with Gasteiger partial charge in [0.1, 0.15) is 18.0 Å². The Bertz CT molecular complexity index is 1600. The van der Waals surface area contributed by atoms with Gasteiger partial charge in [0, 0.05) is 31.1 Å². The molecule has 4 atom stereocenters. The van der Waals surface area contributed by atoms with Crippen LogP contribution in [-0.2, 0) is 23.9 Å². The number of carbonyl (C=O) groups is 4. The highest BCUT2D eigenvalue weighted by Crippen LogP contribution is 2.57. The Labute approximate surface area is 300 Å². The number of hydrogen-bond donors (Lipinski definition) is 1. The summed E-state index contributed by atoms with van der Waals surface area (Å²) in [6, 6.07) is 10.9. The van der Waals surface area contributed by atoms with Crippen LogP contribution in [0.4, 0.5) is 5.82 Å². The van der Waals surface area contributed by atoms with Crippen LogP contribution in [0.5, 0.6) is 0 Å². The molecule has 1 aliphatic heterocycles. The van der Waals surface area contributed by atoms with Gasteiger partial charge in [-0.3, -0.25) is 19.2 Å². The topological polar surface area (TPSA) is 122 Å². The number of amides is 2. The van der Waals surface area contributed by atoms with Crippen molar-refractivity contribution < 1.29 is 23.9 Å². The molecule has 1 aromatic carbocycles. The molecule has 1 saturated heterocycles. The van der Waals surface area contributed by atoms with E-state index in [1.54, 1.807) is 11.0 Å². The standard InChI is InChI=1S/C39H51N5O5S/c1-6-27-20-39(27,36(48)40-22-25-16-17-25)21-32(45)31-23-43(33-19-30(41-37(42-33)50-5)26-12-8-7-9-13-26)24-44(31)35(47)29(38(2,3)4)18-34(46)49-28-14-10-11-15-28/h6-9,12-13,19,25,27-29,31H,1,10-11,14-18,20-24H2,2-5H3,(H,40,48)/t27-,29-,31+,39-/m1/s1. The second-order valence-electron chi connectivity index (χ2n) is 15.7. The number of thioether (sulfide) groups is 1. The van der Waals surface area contributed by atoms with Crippen molar-refractivity contribution in [3.05, 3.63) is 49.1 Å². The van der Waals surface area contributed by atoms with Crippen molar-refractivity contribution >= 4 is 41.1 Å². The first-order chi connectivity index (χ1) is 23.9. The third kappa shape index (κ3) is 8.08. The summed E-state index contributed by atoms with van der Waals surface area (Å²) in [5.41, 5.74) is 0.241. The molecule has 1 aromatic heterocycles. The predicted molar refractivity (Wildman–Crippen MR) is 194 cm³/mol. The summed E-state index contributed by atoms with van der Waals surface area (Å²) in [7, 11) is 0. The predicted octanol–water partition coefficient (Wildman–Crippen LogP) is 6.06. The summed E-state index contributed by atoms with van der Waals surface area (Å²) in [6.07, 6.45) is 10.1. The number of aromatic nitrogens is 2. The van der Waals surface area contributed by atoms with Crippen molar-refractivity contribution in [1.82, 2.24) is 20.2 Å². The fourth-order valence-electron chi connectivity index (χ4n) is 7.46. The molecule has 4 aliphatic rings. The summed E-state index contributed by atoms with van der Waals surface area (Å²) < 4.78 is 5.80. The zero-order valence-electron chi connectivity index (χ0n) is 29.9. The number of nitrogens with zero attached hydrogens (tertiary/aromatic N) is 4. The number of ketones is 1. The minimum absolute atomic E-state index is 0.0154. The molecule has 268 valence electrons. The molecule has 2 amide bonds. The molecule has 2 heterocycles. The molecule has 3 saturated carbocycles. The van der Waals surface area contributed by atoms with Crippen LogP contribution in [0.1, 0.15) is 78.6 Å². The summed E-state index contributed by atoms with van der Waals surface area (Å²) in [5.74, 6) is -0.616. The maximum absolute atomic E-state index is 14.7. The normalized spacial score (nSPS) is 24.2. The minimum atomic E-state index is -0.855. The van der Waals surface area contributed by atoms with Gasteiger partial charge in [-0.25, -0.2) is 9.97 Å². The van der Waals surface area contributed by atoms with E-state index in [9.17, 15) is 19.2 Å². The summed E-state index contributed by atoms with van der Waals surface area (Å²) in [5, 5.41) is 3.68. The van der Waals surface area contributed by atoms with E-state index >= 15 is 0 Å². The lowest BCUT2D eigenvalue weighted by Gasteiger charge is -2.34. The van der Waals surface area contributed by atoms with Gasteiger partial charge in [-0.2, -0.15) is 0 Å². The Kier molecular flexibility index (Phi) is 10.7. The van der Waals surface area contributed by atoms with Gasteiger partial charge in [0.15, 0.2) is 10.9 Å². The number of nitrogens with one attached hydrogen (secondary N) is 1. The molecule has 4 fully saturated rings. The first-order valence-electron chi connectivity index (χ1n) is 18.1. The van der Waals surface area contributed by atoms with Crippen molar-refractivity contribution in [3.63, 3.8) is 0 Å². The van der Waals surface area contributed by atoms with Gasteiger partial charge in [-0.05, 0) is 68.5 Å². The van der Waals surface area contributed by atoms with Gasteiger partial charge in [0.2, 0.25) is 11.8 Å². The molecule has 6 rings (SSSR count). The quantitative estimate of drug-likeness (QED) is 0.109. The largest absolute Gasteiger partial charge is 0.462 e. The van der Waals surface area contributed by atoms with Crippen molar-refractivity contribution in [2.24, 2.45) is 28.6 Å². The van der Waals surface area contributed by atoms with Crippen LogP contribution in [-0.4, -0.2) is 76.6 Å². The second-order valence-corrected chi connectivity index (χ2v) is 16.4. The fourth-order valence-corrected chi connectivity index (χ4v) is 7.83. The van der Waals surface area contributed by atoms with Crippen molar-refractivity contribution in [1.29, 1.82) is 0 Å². The smallest absolute Gasteiger partial charge is 0.306 e. The lowest BCUT2D eigenvalue weighted by molar-refractivity contribution is -0.156. The molecule has 10 nitrogen and oxygen atoms in total. The molecular formula is C39H51N5O5S. The van der Waals surface area contributed by atoms with Crippen molar-refractivity contribution in [2.75, 3.05) is 30.9 Å². The fraction of sp³-hybridized carbons (Fsp3) is 0.590. The maximum atomic E-state index is 14.7.